The Morgan fingerprint density at radius 1 is 1.00 bits per heavy atom. The molecule has 2 aliphatic heterocycles. The summed E-state index contributed by atoms with van der Waals surface area (Å²) < 4.78 is 18.5. The second-order valence-corrected chi connectivity index (χ2v) is 11.5. The van der Waals surface area contributed by atoms with Crippen LogP contribution in [0, 0.1) is 0 Å². The first-order chi connectivity index (χ1) is 14.4. The van der Waals surface area contributed by atoms with Gasteiger partial charge in [-0.3, -0.25) is 0 Å². The molecule has 1 aromatic carbocycles. The molecule has 31 heavy (non-hydrogen) atoms. The van der Waals surface area contributed by atoms with Crippen molar-refractivity contribution in [1.82, 2.24) is 4.90 Å². The molecule has 6 heteroatoms. The van der Waals surface area contributed by atoms with Crippen molar-refractivity contribution >= 4 is 18.7 Å². The molecule has 170 valence electrons. The highest BCUT2D eigenvalue weighted by molar-refractivity contribution is 6.62. The molecule has 0 spiro atoms. The van der Waals surface area contributed by atoms with Crippen molar-refractivity contribution in [3.63, 3.8) is 0 Å². The van der Waals surface area contributed by atoms with Crippen LogP contribution < -0.4 is 5.46 Å². The van der Waals surface area contributed by atoms with Gasteiger partial charge in [0.1, 0.15) is 5.60 Å². The number of likely N-dealkylation sites (tertiary alicyclic amines) is 1. The molecule has 2 heterocycles. The molecule has 3 fully saturated rings. The first-order valence-corrected chi connectivity index (χ1v) is 11.8. The third-order valence-corrected chi connectivity index (χ3v) is 7.25. The first kappa shape index (κ1) is 22.7. The Morgan fingerprint density at radius 2 is 1.58 bits per heavy atom. The second-order valence-electron chi connectivity index (χ2n) is 11.5. The van der Waals surface area contributed by atoms with Crippen LogP contribution in [0.3, 0.4) is 0 Å². The maximum absolute atomic E-state index is 12.5. The van der Waals surface area contributed by atoms with Gasteiger partial charge in [-0.05, 0) is 103 Å². The number of carbonyl (C=O) groups excluding carboxylic acids is 1. The fourth-order valence-corrected chi connectivity index (χ4v) is 4.51. The van der Waals surface area contributed by atoms with E-state index in [0.29, 0.717) is 24.9 Å². The van der Waals surface area contributed by atoms with Crippen molar-refractivity contribution in [3.8, 4) is 0 Å². The van der Waals surface area contributed by atoms with Gasteiger partial charge >= 0.3 is 13.2 Å². The number of piperidine rings is 1. The van der Waals surface area contributed by atoms with Crippen molar-refractivity contribution in [3.05, 3.63) is 29.3 Å². The molecule has 0 bridgehead atoms. The molecular weight excluding hydrogens is 389 g/mol. The van der Waals surface area contributed by atoms with E-state index in [9.17, 15) is 4.79 Å². The average molecular weight is 427 g/mol. The van der Waals surface area contributed by atoms with E-state index in [1.54, 1.807) is 0 Å². The van der Waals surface area contributed by atoms with Crippen LogP contribution in [-0.4, -0.2) is 48.0 Å². The largest absolute Gasteiger partial charge is 0.495 e. The Hall–Kier alpha value is -1.53. The topological polar surface area (TPSA) is 48.0 Å². The third kappa shape index (κ3) is 4.80. The number of carbonyl (C=O) groups is 1. The lowest BCUT2D eigenvalue weighted by Crippen LogP contribution is -2.43. The van der Waals surface area contributed by atoms with Gasteiger partial charge < -0.3 is 18.9 Å². The van der Waals surface area contributed by atoms with Gasteiger partial charge in [0, 0.05) is 13.1 Å². The van der Waals surface area contributed by atoms with E-state index in [1.165, 1.54) is 29.4 Å². The molecule has 3 aliphatic rings. The maximum atomic E-state index is 12.5. The molecule has 1 amide bonds. The van der Waals surface area contributed by atoms with Crippen molar-refractivity contribution in [2.75, 3.05) is 13.1 Å². The molecule has 5 nitrogen and oxygen atoms in total. The minimum Gasteiger partial charge on any atom is -0.444 e. The lowest BCUT2D eigenvalue weighted by Gasteiger charge is -2.34. The van der Waals surface area contributed by atoms with Crippen LogP contribution in [-0.2, 0) is 14.0 Å². The molecule has 1 aliphatic carbocycles. The van der Waals surface area contributed by atoms with Crippen LogP contribution in [0.4, 0.5) is 4.79 Å². The van der Waals surface area contributed by atoms with Gasteiger partial charge in [0.15, 0.2) is 0 Å². The van der Waals surface area contributed by atoms with Gasteiger partial charge in [-0.1, -0.05) is 18.2 Å². The van der Waals surface area contributed by atoms with E-state index in [2.05, 4.69) is 45.9 Å². The van der Waals surface area contributed by atoms with Gasteiger partial charge in [-0.2, -0.15) is 0 Å². The predicted molar refractivity (Wildman–Crippen MR) is 124 cm³/mol. The summed E-state index contributed by atoms with van der Waals surface area (Å²) >= 11 is 0. The molecule has 0 radical (unpaired) electrons. The SMILES string of the molecule is CC(C)(C)OC(=O)N1CCC(c2ccc(C3CC3)cc2B2OC(C)(C)C(C)(C)O2)CC1. The van der Waals surface area contributed by atoms with Gasteiger partial charge in [-0.25, -0.2) is 4.79 Å². The van der Waals surface area contributed by atoms with Crippen LogP contribution in [0.5, 0.6) is 0 Å². The summed E-state index contributed by atoms with van der Waals surface area (Å²) in [7, 11) is -0.345. The van der Waals surface area contributed by atoms with Crippen molar-refractivity contribution in [2.24, 2.45) is 0 Å². The fraction of sp³-hybridized carbons (Fsp3) is 0.720. The minimum atomic E-state index is -0.462. The number of hydrogen-bond donors (Lipinski definition) is 0. The summed E-state index contributed by atoms with van der Waals surface area (Å²) in [6.45, 7) is 15.6. The number of nitrogens with zero attached hydrogens (tertiary/aromatic N) is 1. The highest BCUT2D eigenvalue weighted by Crippen LogP contribution is 2.42. The summed E-state index contributed by atoms with van der Waals surface area (Å²) in [6.07, 6.45) is 4.19. The first-order valence-electron chi connectivity index (χ1n) is 11.8. The Kier molecular flexibility index (Phi) is 5.71. The fourth-order valence-electron chi connectivity index (χ4n) is 4.51. The Labute approximate surface area is 188 Å². The summed E-state index contributed by atoms with van der Waals surface area (Å²) in [5.41, 5.74) is 2.72. The minimum absolute atomic E-state index is 0.207. The van der Waals surface area contributed by atoms with Gasteiger partial charge in [0.05, 0.1) is 11.2 Å². The zero-order valence-corrected chi connectivity index (χ0v) is 20.3. The summed E-state index contributed by atoms with van der Waals surface area (Å²) in [4.78, 5) is 14.3. The molecule has 2 saturated heterocycles. The van der Waals surface area contributed by atoms with E-state index in [0.717, 1.165) is 12.8 Å². The highest BCUT2D eigenvalue weighted by atomic mass is 16.7. The molecule has 1 aromatic rings. The molecule has 1 saturated carbocycles. The second kappa shape index (κ2) is 7.81. The quantitative estimate of drug-likeness (QED) is 0.639. The standard InChI is InChI=1S/C25H38BNO4/c1-23(2,3)29-22(28)27-14-12-18(13-15-27)20-11-10-19(17-8-9-17)16-21(20)26-30-24(4,5)25(6,7)31-26/h10-11,16-18H,8-9,12-15H2,1-7H3. The molecular formula is C25H38BNO4. The summed E-state index contributed by atoms with van der Waals surface area (Å²) in [5.74, 6) is 1.07. The lowest BCUT2D eigenvalue weighted by atomic mass is 9.70. The zero-order valence-electron chi connectivity index (χ0n) is 20.3. The molecule has 0 unspecified atom stereocenters. The third-order valence-electron chi connectivity index (χ3n) is 7.25. The highest BCUT2D eigenvalue weighted by Gasteiger charge is 2.52. The van der Waals surface area contributed by atoms with Crippen molar-refractivity contribution < 1.29 is 18.8 Å². The molecule has 0 N–H and O–H groups in total. The zero-order chi connectivity index (χ0) is 22.6. The molecule has 0 atom stereocenters. The van der Waals surface area contributed by atoms with Crippen LogP contribution in [0.25, 0.3) is 0 Å². The van der Waals surface area contributed by atoms with Crippen molar-refractivity contribution in [2.45, 2.75) is 103 Å². The van der Waals surface area contributed by atoms with E-state index in [4.69, 9.17) is 14.0 Å². The molecule has 4 rings (SSSR count). The van der Waals surface area contributed by atoms with Gasteiger partial charge in [0.2, 0.25) is 0 Å². The Balaban J connectivity index is 1.53. The van der Waals surface area contributed by atoms with Crippen LogP contribution in [0.1, 0.15) is 97.1 Å². The average Bonchev–Trinajstić information content (AvgIpc) is 3.47. The number of rotatable bonds is 3. The normalized spacial score (nSPS) is 23.8. The van der Waals surface area contributed by atoms with Gasteiger partial charge in [0.25, 0.3) is 0 Å². The van der Waals surface area contributed by atoms with E-state index >= 15 is 0 Å². The van der Waals surface area contributed by atoms with E-state index in [1.807, 2.05) is 25.7 Å². The number of amides is 1. The van der Waals surface area contributed by atoms with E-state index < -0.39 is 5.60 Å². The van der Waals surface area contributed by atoms with Crippen LogP contribution in [0.2, 0.25) is 0 Å². The van der Waals surface area contributed by atoms with Crippen LogP contribution in [0.15, 0.2) is 18.2 Å². The monoisotopic (exact) mass is 427 g/mol. The summed E-state index contributed by atoms with van der Waals surface area (Å²) in [6, 6.07) is 6.92. The number of ether oxygens (including phenoxy) is 1. The van der Waals surface area contributed by atoms with Crippen molar-refractivity contribution in [1.29, 1.82) is 0 Å². The molecule has 0 aromatic heterocycles. The Bertz CT molecular complexity index is 816. The Morgan fingerprint density at radius 3 is 2.10 bits per heavy atom. The maximum Gasteiger partial charge on any atom is 0.495 e. The van der Waals surface area contributed by atoms with E-state index in [-0.39, 0.29) is 24.4 Å². The van der Waals surface area contributed by atoms with Gasteiger partial charge in [-0.15, -0.1) is 0 Å². The summed E-state index contributed by atoms with van der Waals surface area (Å²) in [5, 5.41) is 0. The number of hydrogen-bond acceptors (Lipinski definition) is 4. The predicted octanol–water partition coefficient (Wildman–Crippen LogP) is 4.98. The lowest BCUT2D eigenvalue weighted by molar-refractivity contribution is 0.00578. The number of benzene rings is 1. The smallest absolute Gasteiger partial charge is 0.444 e. The van der Waals surface area contributed by atoms with Crippen LogP contribution >= 0.6 is 0 Å².